The summed E-state index contributed by atoms with van der Waals surface area (Å²) in [4.78, 5) is 2.43. The van der Waals surface area contributed by atoms with Gasteiger partial charge >= 0.3 is 0 Å². The molecule has 0 aliphatic carbocycles. The standard InChI is InChI=1S/C58H37NS2/c1-2-13-40(14-3-1)53-37-44(48-19-11-21-52-50-17-7-9-23-56(50)61-58(48)52)30-35-54(53)59(45-31-26-39(27-32-45)43-25-24-38-12-4-5-15-42(38)36-43)46-33-28-41(29-34-46)47-18-10-20-51-49-16-6-8-22-55(49)60-57(47)51/h1-37H. The van der Waals surface area contributed by atoms with Crippen LogP contribution >= 0.6 is 22.7 Å². The number of benzene rings is 10. The van der Waals surface area contributed by atoms with E-state index in [0.717, 1.165) is 17.1 Å². The van der Waals surface area contributed by atoms with Gasteiger partial charge in [-0.1, -0.05) is 170 Å². The average Bonchev–Trinajstić information content (AvgIpc) is 3.91. The minimum absolute atomic E-state index is 1.10. The van der Waals surface area contributed by atoms with Crippen LogP contribution in [0, 0.1) is 0 Å². The molecule has 1 nitrogen and oxygen atoms in total. The van der Waals surface area contributed by atoms with Gasteiger partial charge in [0, 0.05) is 57.3 Å². The summed E-state index contributed by atoms with van der Waals surface area (Å²) >= 11 is 3.76. The van der Waals surface area contributed by atoms with Gasteiger partial charge in [0.05, 0.1) is 5.69 Å². The van der Waals surface area contributed by atoms with E-state index in [1.165, 1.54) is 95.6 Å². The fraction of sp³-hybridized carbons (Fsp3) is 0. The van der Waals surface area contributed by atoms with Crippen molar-refractivity contribution in [3.63, 3.8) is 0 Å². The monoisotopic (exact) mass is 811 g/mol. The Morgan fingerprint density at radius 3 is 1.43 bits per heavy atom. The Morgan fingerprint density at radius 2 is 0.770 bits per heavy atom. The van der Waals surface area contributed by atoms with E-state index in [1.54, 1.807) is 0 Å². The minimum Gasteiger partial charge on any atom is -0.310 e. The van der Waals surface area contributed by atoms with Crippen LogP contribution in [0.3, 0.4) is 0 Å². The highest BCUT2D eigenvalue weighted by Gasteiger charge is 2.20. The molecule has 0 aliphatic heterocycles. The molecular formula is C58H37NS2. The van der Waals surface area contributed by atoms with Crippen molar-refractivity contribution in [2.45, 2.75) is 0 Å². The Bertz CT molecular complexity index is 3580. The molecule has 0 saturated carbocycles. The van der Waals surface area contributed by atoms with Crippen LogP contribution < -0.4 is 4.90 Å². The first-order valence-corrected chi connectivity index (χ1v) is 22.4. The normalized spacial score (nSPS) is 11.6. The predicted octanol–water partition coefficient (Wildman–Crippen LogP) is 17.7. The van der Waals surface area contributed by atoms with Gasteiger partial charge in [0.15, 0.2) is 0 Å². The highest BCUT2D eigenvalue weighted by Crippen LogP contribution is 2.47. The summed E-state index contributed by atoms with van der Waals surface area (Å²) in [5.74, 6) is 0. The van der Waals surface area contributed by atoms with E-state index in [0.29, 0.717) is 0 Å². The van der Waals surface area contributed by atoms with E-state index in [4.69, 9.17) is 0 Å². The number of hydrogen-bond acceptors (Lipinski definition) is 3. The van der Waals surface area contributed by atoms with Crippen molar-refractivity contribution in [1.82, 2.24) is 0 Å². The van der Waals surface area contributed by atoms with E-state index in [9.17, 15) is 0 Å². The lowest BCUT2D eigenvalue weighted by molar-refractivity contribution is 1.28. The Kier molecular flexibility index (Phi) is 8.62. The molecular weight excluding hydrogens is 775 g/mol. The largest absolute Gasteiger partial charge is 0.310 e. The van der Waals surface area contributed by atoms with Gasteiger partial charge in [-0.3, -0.25) is 0 Å². The number of thiophene rings is 2. The van der Waals surface area contributed by atoms with Crippen LogP contribution in [0.25, 0.3) is 95.6 Å². The second-order valence-corrected chi connectivity index (χ2v) is 17.8. The zero-order valence-corrected chi connectivity index (χ0v) is 34.8. The molecule has 61 heavy (non-hydrogen) atoms. The molecule has 2 aromatic heterocycles. The summed E-state index contributed by atoms with van der Waals surface area (Å²) in [6, 6.07) is 82.4. The molecule has 0 saturated heterocycles. The molecule has 0 spiro atoms. The van der Waals surface area contributed by atoms with Crippen LogP contribution in [0.1, 0.15) is 0 Å². The summed E-state index contributed by atoms with van der Waals surface area (Å²) < 4.78 is 5.28. The van der Waals surface area contributed by atoms with Gasteiger partial charge in [0.2, 0.25) is 0 Å². The van der Waals surface area contributed by atoms with Gasteiger partial charge < -0.3 is 4.90 Å². The fourth-order valence-corrected chi connectivity index (χ4v) is 11.6. The van der Waals surface area contributed by atoms with E-state index in [-0.39, 0.29) is 0 Å². The maximum Gasteiger partial charge on any atom is 0.0540 e. The van der Waals surface area contributed by atoms with Crippen molar-refractivity contribution in [3.8, 4) is 44.5 Å². The lowest BCUT2D eigenvalue weighted by Gasteiger charge is -2.29. The smallest absolute Gasteiger partial charge is 0.0540 e. The Morgan fingerprint density at radius 1 is 0.279 bits per heavy atom. The van der Waals surface area contributed by atoms with Gasteiger partial charge in [-0.15, -0.1) is 22.7 Å². The van der Waals surface area contributed by atoms with Crippen LogP contribution in [-0.2, 0) is 0 Å². The van der Waals surface area contributed by atoms with Gasteiger partial charge in [0.1, 0.15) is 0 Å². The molecule has 286 valence electrons. The van der Waals surface area contributed by atoms with Crippen molar-refractivity contribution in [2.75, 3.05) is 4.90 Å². The van der Waals surface area contributed by atoms with Crippen LogP contribution in [-0.4, -0.2) is 0 Å². The molecule has 0 fully saturated rings. The predicted molar refractivity (Wildman–Crippen MR) is 266 cm³/mol. The quantitative estimate of drug-likeness (QED) is 0.155. The van der Waals surface area contributed by atoms with Gasteiger partial charge in [-0.05, 0) is 104 Å². The zero-order valence-electron chi connectivity index (χ0n) is 33.1. The maximum atomic E-state index is 2.43. The first-order valence-electron chi connectivity index (χ1n) is 20.7. The Labute approximate surface area is 362 Å². The minimum atomic E-state index is 1.10. The summed E-state index contributed by atoms with van der Waals surface area (Å²) in [6.07, 6.45) is 0. The third-order valence-corrected chi connectivity index (χ3v) is 14.5. The van der Waals surface area contributed by atoms with E-state index in [2.05, 4.69) is 229 Å². The first-order chi connectivity index (χ1) is 30.2. The van der Waals surface area contributed by atoms with Gasteiger partial charge in [0.25, 0.3) is 0 Å². The van der Waals surface area contributed by atoms with Crippen molar-refractivity contribution >= 4 is 90.9 Å². The number of anilines is 3. The molecule has 0 bridgehead atoms. The molecule has 3 heteroatoms. The summed E-state index contributed by atoms with van der Waals surface area (Å²) in [7, 11) is 0. The molecule has 2 heterocycles. The molecule has 12 rings (SSSR count). The lowest BCUT2D eigenvalue weighted by Crippen LogP contribution is -2.11. The van der Waals surface area contributed by atoms with Gasteiger partial charge in [-0.2, -0.15) is 0 Å². The van der Waals surface area contributed by atoms with E-state index in [1.807, 2.05) is 22.7 Å². The average molecular weight is 812 g/mol. The van der Waals surface area contributed by atoms with E-state index < -0.39 is 0 Å². The summed E-state index contributed by atoms with van der Waals surface area (Å²) in [6.45, 7) is 0. The third-order valence-electron chi connectivity index (χ3n) is 12.1. The molecule has 12 aromatic rings. The third kappa shape index (κ3) is 6.21. The molecule has 0 atom stereocenters. The van der Waals surface area contributed by atoms with Crippen molar-refractivity contribution in [2.24, 2.45) is 0 Å². The van der Waals surface area contributed by atoms with Crippen molar-refractivity contribution < 1.29 is 0 Å². The highest BCUT2D eigenvalue weighted by molar-refractivity contribution is 7.26. The second-order valence-electron chi connectivity index (χ2n) is 15.7. The lowest BCUT2D eigenvalue weighted by atomic mass is 9.95. The highest BCUT2D eigenvalue weighted by atomic mass is 32.1. The zero-order chi connectivity index (χ0) is 40.3. The summed E-state index contributed by atoms with van der Waals surface area (Å²) in [5, 5.41) is 7.75. The topological polar surface area (TPSA) is 3.24 Å². The van der Waals surface area contributed by atoms with Crippen molar-refractivity contribution in [3.05, 3.63) is 224 Å². The van der Waals surface area contributed by atoms with E-state index >= 15 is 0 Å². The van der Waals surface area contributed by atoms with Crippen LogP contribution in [0.4, 0.5) is 17.1 Å². The van der Waals surface area contributed by atoms with Crippen LogP contribution in [0.5, 0.6) is 0 Å². The van der Waals surface area contributed by atoms with Gasteiger partial charge in [-0.25, -0.2) is 0 Å². The molecule has 0 unspecified atom stereocenters. The first kappa shape index (κ1) is 35.6. The number of fused-ring (bicyclic) bond motifs is 7. The second kappa shape index (κ2) is 14.8. The Hall–Kier alpha value is -7.30. The molecule has 0 radical (unpaired) electrons. The van der Waals surface area contributed by atoms with Crippen molar-refractivity contribution in [1.29, 1.82) is 0 Å². The molecule has 0 aliphatic rings. The number of rotatable bonds is 7. The summed E-state index contributed by atoms with van der Waals surface area (Å²) in [5.41, 5.74) is 13.0. The molecule has 0 amide bonds. The Balaban J connectivity index is 1.02. The number of hydrogen-bond donors (Lipinski definition) is 0. The SMILES string of the molecule is c1ccc(-c2cc(-c3cccc4c3sc3ccccc34)ccc2N(c2ccc(-c3ccc4ccccc4c3)cc2)c2ccc(-c3cccc4c3sc3ccccc34)cc2)cc1. The van der Waals surface area contributed by atoms with Crippen LogP contribution in [0.2, 0.25) is 0 Å². The van der Waals surface area contributed by atoms with Crippen LogP contribution in [0.15, 0.2) is 224 Å². The molecule has 10 aromatic carbocycles. The maximum absolute atomic E-state index is 2.43. The molecule has 0 N–H and O–H groups in total. The number of nitrogens with zero attached hydrogens (tertiary/aromatic N) is 1. The fourth-order valence-electron chi connectivity index (χ4n) is 9.09.